The first kappa shape index (κ1) is 14.9. The van der Waals surface area contributed by atoms with Crippen molar-refractivity contribution in [1.29, 1.82) is 0 Å². The monoisotopic (exact) mass is 242 g/mol. The molecule has 0 atom stereocenters. The Balaban J connectivity index is 1.75. The van der Waals surface area contributed by atoms with Gasteiger partial charge in [-0.2, -0.15) is 0 Å². The molecule has 3 nitrogen and oxygen atoms in total. The van der Waals surface area contributed by atoms with Gasteiger partial charge in [0.25, 0.3) is 0 Å². The SMILES string of the molecule is CCCCCCCNCCCN1CCOCC1. The maximum absolute atomic E-state index is 5.33. The van der Waals surface area contributed by atoms with E-state index < -0.39 is 0 Å². The van der Waals surface area contributed by atoms with Gasteiger partial charge in [-0.1, -0.05) is 32.6 Å². The number of nitrogens with one attached hydrogen (secondary N) is 1. The molecule has 1 N–H and O–H groups in total. The highest BCUT2D eigenvalue weighted by Gasteiger charge is 2.08. The molecule has 3 heteroatoms. The molecule has 0 bridgehead atoms. The Morgan fingerprint density at radius 3 is 2.41 bits per heavy atom. The van der Waals surface area contributed by atoms with Gasteiger partial charge in [0.1, 0.15) is 0 Å². The van der Waals surface area contributed by atoms with E-state index in [-0.39, 0.29) is 0 Å². The third-order valence-corrected chi connectivity index (χ3v) is 3.39. The first-order chi connectivity index (χ1) is 8.43. The van der Waals surface area contributed by atoms with Gasteiger partial charge in [0.05, 0.1) is 13.2 Å². The lowest BCUT2D eigenvalue weighted by Gasteiger charge is -2.26. The Kier molecular flexibility index (Phi) is 9.66. The van der Waals surface area contributed by atoms with E-state index in [1.807, 2.05) is 0 Å². The average molecular weight is 242 g/mol. The molecule has 0 saturated carbocycles. The van der Waals surface area contributed by atoms with E-state index in [2.05, 4.69) is 17.1 Å². The molecule has 0 aromatic carbocycles. The molecule has 0 aromatic heterocycles. The highest BCUT2D eigenvalue weighted by atomic mass is 16.5. The van der Waals surface area contributed by atoms with Crippen LogP contribution in [0.4, 0.5) is 0 Å². The molecule has 1 aliphatic heterocycles. The van der Waals surface area contributed by atoms with Crippen molar-refractivity contribution < 1.29 is 4.74 Å². The third-order valence-electron chi connectivity index (χ3n) is 3.39. The van der Waals surface area contributed by atoms with Crippen LogP contribution in [0.1, 0.15) is 45.4 Å². The number of hydrogen-bond acceptors (Lipinski definition) is 3. The van der Waals surface area contributed by atoms with E-state index in [0.717, 1.165) is 26.3 Å². The van der Waals surface area contributed by atoms with Crippen molar-refractivity contribution in [3.8, 4) is 0 Å². The van der Waals surface area contributed by atoms with Gasteiger partial charge in [-0.15, -0.1) is 0 Å². The van der Waals surface area contributed by atoms with Crippen LogP contribution in [0.25, 0.3) is 0 Å². The summed E-state index contributed by atoms with van der Waals surface area (Å²) in [4.78, 5) is 2.51. The Labute approximate surface area is 107 Å². The van der Waals surface area contributed by atoms with Gasteiger partial charge in [0.15, 0.2) is 0 Å². The minimum atomic E-state index is 0.921. The molecule has 1 heterocycles. The summed E-state index contributed by atoms with van der Waals surface area (Å²) in [6.45, 7) is 9.96. The lowest BCUT2D eigenvalue weighted by atomic mass is 10.1. The van der Waals surface area contributed by atoms with Crippen molar-refractivity contribution in [3.05, 3.63) is 0 Å². The van der Waals surface area contributed by atoms with Gasteiger partial charge in [-0.3, -0.25) is 4.90 Å². The van der Waals surface area contributed by atoms with Crippen molar-refractivity contribution in [3.63, 3.8) is 0 Å². The minimum Gasteiger partial charge on any atom is -0.379 e. The smallest absolute Gasteiger partial charge is 0.0594 e. The molecule has 1 aliphatic rings. The minimum absolute atomic E-state index is 0.921. The summed E-state index contributed by atoms with van der Waals surface area (Å²) in [7, 11) is 0. The van der Waals surface area contributed by atoms with E-state index in [4.69, 9.17) is 4.74 Å². The lowest BCUT2D eigenvalue weighted by Crippen LogP contribution is -2.37. The number of hydrogen-bond donors (Lipinski definition) is 1. The van der Waals surface area contributed by atoms with Crippen LogP contribution in [0.5, 0.6) is 0 Å². The Morgan fingerprint density at radius 1 is 0.941 bits per heavy atom. The highest BCUT2D eigenvalue weighted by Crippen LogP contribution is 2.01. The second-order valence-corrected chi connectivity index (χ2v) is 4.97. The maximum Gasteiger partial charge on any atom is 0.0594 e. The van der Waals surface area contributed by atoms with Crippen LogP contribution < -0.4 is 5.32 Å². The van der Waals surface area contributed by atoms with Gasteiger partial charge in [0, 0.05) is 13.1 Å². The topological polar surface area (TPSA) is 24.5 Å². The summed E-state index contributed by atoms with van der Waals surface area (Å²) in [6.07, 6.45) is 8.16. The molecule has 1 saturated heterocycles. The molecular formula is C14H30N2O. The molecule has 0 aromatic rings. The number of morpholine rings is 1. The van der Waals surface area contributed by atoms with Gasteiger partial charge < -0.3 is 10.1 Å². The predicted molar refractivity (Wildman–Crippen MR) is 73.5 cm³/mol. The molecule has 1 fully saturated rings. The van der Waals surface area contributed by atoms with Crippen molar-refractivity contribution in [1.82, 2.24) is 10.2 Å². The number of unbranched alkanes of at least 4 members (excludes halogenated alkanes) is 4. The van der Waals surface area contributed by atoms with Crippen molar-refractivity contribution in [2.75, 3.05) is 45.9 Å². The second kappa shape index (κ2) is 11.0. The first-order valence-corrected chi connectivity index (χ1v) is 7.44. The summed E-state index contributed by atoms with van der Waals surface area (Å²) >= 11 is 0. The number of ether oxygens (including phenoxy) is 1. The van der Waals surface area contributed by atoms with E-state index in [1.54, 1.807) is 0 Å². The lowest BCUT2D eigenvalue weighted by molar-refractivity contribution is 0.0374. The van der Waals surface area contributed by atoms with Crippen molar-refractivity contribution >= 4 is 0 Å². The first-order valence-electron chi connectivity index (χ1n) is 7.44. The van der Waals surface area contributed by atoms with Crippen LogP contribution in [0, 0.1) is 0 Å². The largest absolute Gasteiger partial charge is 0.379 e. The zero-order chi connectivity index (χ0) is 12.2. The Hall–Kier alpha value is -0.120. The third kappa shape index (κ3) is 8.58. The van der Waals surface area contributed by atoms with Crippen LogP contribution in [0.3, 0.4) is 0 Å². The molecular weight excluding hydrogens is 212 g/mol. The average Bonchev–Trinajstić information content (AvgIpc) is 2.38. The standard InChI is InChI=1S/C14H30N2O/c1-2-3-4-5-6-8-15-9-7-10-16-11-13-17-14-12-16/h15H,2-14H2,1H3. The van der Waals surface area contributed by atoms with Gasteiger partial charge in [0.2, 0.25) is 0 Å². The molecule has 17 heavy (non-hydrogen) atoms. The van der Waals surface area contributed by atoms with Crippen LogP contribution in [0.2, 0.25) is 0 Å². The maximum atomic E-state index is 5.33. The zero-order valence-electron chi connectivity index (χ0n) is 11.5. The van der Waals surface area contributed by atoms with Crippen molar-refractivity contribution in [2.45, 2.75) is 45.4 Å². The number of nitrogens with zero attached hydrogens (tertiary/aromatic N) is 1. The summed E-state index contributed by atoms with van der Waals surface area (Å²) in [6, 6.07) is 0. The summed E-state index contributed by atoms with van der Waals surface area (Å²) in [5, 5.41) is 3.54. The van der Waals surface area contributed by atoms with Crippen LogP contribution in [-0.2, 0) is 4.74 Å². The fourth-order valence-electron chi connectivity index (χ4n) is 2.23. The summed E-state index contributed by atoms with van der Waals surface area (Å²) < 4.78 is 5.33. The Morgan fingerprint density at radius 2 is 1.65 bits per heavy atom. The van der Waals surface area contributed by atoms with E-state index in [1.165, 1.54) is 58.2 Å². The van der Waals surface area contributed by atoms with E-state index >= 15 is 0 Å². The van der Waals surface area contributed by atoms with E-state index in [0.29, 0.717) is 0 Å². The Bertz CT molecular complexity index is 158. The molecule has 102 valence electrons. The van der Waals surface area contributed by atoms with Gasteiger partial charge >= 0.3 is 0 Å². The second-order valence-electron chi connectivity index (χ2n) is 4.97. The van der Waals surface area contributed by atoms with Crippen LogP contribution in [-0.4, -0.2) is 50.8 Å². The van der Waals surface area contributed by atoms with Crippen LogP contribution >= 0.6 is 0 Å². The normalized spacial score (nSPS) is 17.5. The fraction of sp³-hybridized carbons (Fsp3) is 1.00. The molecule has 0 spiro atoms. The molecule has 0 unspecified atom stereocenters. The predicted octanol–water partition coefficient (Wildman–Crippen LogP) is 2.27. The molecule has 0 radical (unpaired) electrons. The van der Waals surface area contributed by atoms with E-state index in [9.17, 15) is 0 Å². The molecule has 1 rings (SSSR count). The fourth-order valence-corrected chi connectivity index (χ4v) is 2.23. The molecule has 0 amide bonds. The quantitative estimate of drug-likeness (QED) is 0.595. The molecule has 0 aliphatic carbocycles. The summed E-state index contributed by atoms with van der Waals surface area (Å²) in [5.41, 5.74) is 0. The summed E-state index contributed by atoms with van der Waals surface area (Å²) in [5.74, 6) is 0. The zero-order valence-corrected chi connectivity index (χ0v) is 11.5. The van der Waals surface area contributed by atoms with Crippen LogP contribution in [0.15, 0.2) is 0 Å². The van der Waals surface area contributed by atoms with Crippen molar-refractivity contribution in [2.24, 2.45) is 0 Å². The van der Waals surface area contributed by atoms with Gasteiger partial charge in [-0.25, -0.2) is 0 Å². The highest BCUT2D eigenvalue weighted by molar-refractivity contribution is 4.62. The number of rotatable bonds is 10. The van der Waals surface area contributed by atoms with Gasteiger partial charge in [-0.05, 0) is 32.5 Å².